The van der Waals surface area contributed by atoms with Crippen molar-refractivity contribution in [3.05, 3.63) is 35.9 Å². The summed E-state index contributed by atoms with van der Waals surface area (Å²) in [7, 11) is 0. The van der Waals surface area contributed by atoms with Crippen molar-refractivity contribution in [2.75, 3.05) is 23.1 Å². The number of fused-ring (bicyclic) bond motifs is 3. The van der Waals surface area contributed by atoms with Crippen LogP contribution in [0.25, 0.3) is 10.8 Å². The summed E-state index contributed by atoms with van der Waals surface area (Å²) in [5.41, 5.74) is 8.19. The van der Waals surface area contributed by atoms with Gasteiger partial charge in [-0.3, -0.25) is 4.90 Å². The summed E-state index contributed by atoms with van der Waals surface area (Å²) in [6.07, 6.45) is -0.360. The lowest BCUT2D eigenvalue weighted by molar-refractivity contribution is 0.0582. The van der Waals surface area contributed by atoms with Crippen molar-refractivity contribution in [2.45, 2.75) is 32.3 Å². The second-order valence-corrected chi connectivity index (χ2v) is 7.19. The normalized spacial score (nSPS) is 17.4. The van der Waals surface area contributed by atoms with Crippen LogP contribution in [0.4, 0.5) is 16.2 Å². The summed E-state index contributed by atoms with van der Waals surface area (Å²) in [5.74, 6) is 0.518. The largest absolute Gasteiger partial charge is 0.443 e. The number of benzene rings is 2. The van der Waals surface area contributed by atoms with Crippen molar-refractivity contribution >= 4 is 39.8 Å². The van der Waals surface area contributed by atoms with Gasteiger partial charge in [-0.2, -0.15) is 0 Å². The summed E-state index contributed by atoms with van der Waals surface area (Å²) in [6.45, 7) is 6.09. The average Bonchev–Trinajstić information content (AvgIpc) is 2.84. The molecule has 1 aliphatic heterocycles. The molecule has 5 heteroatoms. The predicted octanol–water partition coefficient (Wildman–Crippen LogP) is 4.50. The van der Waals surface area contributed by atoms with E-state index in [-0.39, 0.29) is 12.0 Å². The summed E-state index contributed by atoms with van der Waals surface area (Å²) in [5, 5.41) is 2.05. The quantitative estimate of drug-likeness (QED) is 0.618. The maximum atomic E-state index is 12.6. The molecule has 0 fully saturated rings. The molecule has 2 N–H and O–H groups in total. The monoisotopic (exact) mass is 332 g/mol. The first kappa shape index (κ1) is 15.9. The third-order valence-electron chi connectivity index (χ3n) is 4.00. The smallest absolute Gasteiger partial charge is 0.414 e. The number of ether oxygens (including phenoxy) is 1. The molecule has 1 atom stereocenters. The minimum absolute atomic E-state index is 0.0738. The lowest BCUT2D eigenvalue weighted by Crippen LogP contribution is -2.36. The number of carbonyl (C=O) groups is 1. The van der Waals surface area contributed by atoms with E-state index in [1.54, 1.807) is 4.90 Å². The molecule has 0 unspecified atom stereocenters. The first-order valence-electron chi connectivity index (χ1n) is 7.69. The van der Waals surface area contributed by atoms with E-state index < -0.39 is 5.60 Å². The number of halogens is 1. The number of nitrogen functional groups attached to an aromatic ring is 1. The Morgan fingerprint density at radius 1 is 1.35 bits per heavy atom. The number of anilines is 2. The molecule has 0 saturated carbocycles. The van der Waals surface area contributed by atoms with E-state index in [4.69, 9.17) is 22.1 Å². The van der Waals surface area contributed by atoms with Gasteiger partial charge in [0, 0.05) is 29.4 Å². The van der Waals surface area contributed by atoms with E-state index in [2.05, 4.69) is 0 Å². The van der Waals surface area contributed by atoms with E-state index >= 15 is 0 Å². The van der Waals surface area contributed by atoms with Crippen LogP contribution >= 0.6 is 11.6 Å². The van der Waals surface area contributed by atoms with Gasteiger partial charge in [0.05, 0.1) is 5.69 Å². The second kappa shape index (κ2) is 5.60. The van der Waals surface area contributed by atoms with Gasteiger partial charge < -0.3 is 10.5 Å². The molecular weight excluding hydrogens is 312 g/mol. The fourth-order valence-electron chi connectivity index (χ4n) is 3.09. The molecule has 0 aromatic heterocycles. The lowest BCUT2D eigenvalue weighted by Gasteiger charge is -2.25. The molecule has 2 aromatic carbocycles. The number of amides is 1. The Morgan fingerprint density at radius 3 is 2.61 bits per heavy atom. The van der Waals surface area contributed by atoms with Crippen LogP contribution in [-0.2, 0) is 4.74 Å². The molecule has 0 bridgehead atoms. The first-order chi connectivity index (χ1) is 10.8. The van der Waals surface area contributed by atoms with Crippen LogP contribution in [0.1, 0.15) is 32.3 Å². The second-order valence-electron chi connectivity index (χ2n) is 6.89. The zero-order chi connectivity index (χ0) is 16.8. The molecule has 0 radical (unpaired) electrons. The van der Waals surface area contributed by atoms with Crippen LogP contribution in [0.15, 0.2) is 30.3 Å². The number of hydrogen-bond acceptors (Lipinski definition) is 3. The zero-order valence-electron chi connectivity index (χ0n) is 13.6. The molecule has 0 saturated heterocycles. The summed E-state index contributed by atoms with van der Waals surface area (Å²) < 4.78 is 5.53. The van der Waals surface area contributed by atoms with Crippen molar-refractivity contribution < 1.29 is 9.53 Å². The van der Waals surface area contributed by atoms with Gasteiger partial charge in [0.1, 0.15) is 5.60 Å². The predicted molar refractivity (Wildman–Crippen MR) is 95.4 cm³/mol. The maximum Gasteiger partial charge on any atom is 0.414 e. The fourth-order valence-corrected chi connectivity index (χ4v) is 3.34. The number of alkyl halides is 1. The minimum atomic E-state index is -0.543. The Morgan fingerprint density at radius 2 is 2.00 bits per heavy atom. The van der Waals surface area contributed by atoms with Gasteiger partial charge in [0.2, 0.25) is 0 Å². The van der Waals surface area contributed by atoms with E-state index in [9.17, 15) is 4.79 Å². The van der Waals surface area contributed by atoms with Gasteiger partial charge in [-0.25, -0.2) is 4.79 Å². The molecule has 1 aliphatic rings. The number of carbonyl (C=O) groups excluding carboxylic acids is 1. The average molecular weight is 333 g/mol. The first-order valence-corrected chi connectivity index (χ1v) is 8.23. The standard InChI is InChI=1S/C18H21ClN2O2/c1-18(2,3)23-17(22)21-10-11(9-19)16-13-7-5-4-6-12(13)14(20)8-15(16)21/h4-8,11H,9-10,20H2,1-3H3/t11-/m1/s1. The molecule has 23 heavy (non-hydrogen) atoms. The lowest BCUT2D eigenvalue weighted by atomic mass is 9.95. The van der Waals surface area contributed by atoms with Gasteiger partial charge >= 0.3 is 6.09 Å². The maximum absolute atomic E-state index is 12.6. The van der Waals surface area contributed by atoms with Crippen molar-refractivity contribution in [1.29, 1.82) is 0 Å². The third-order valence-corrected chi connectivity index (χ3v) is 4.37. The summed E-state index contributed by atoms with van der Waals surface area (Å²) in [6, 6.07) is 9.81. The zero-order valence-corrected chi connectivity index (χ0v) is 14.4. The molecule has 122 valence electrons. The molecule has 2 aromatic rings. The van der Waals surface area contributed by atoms with E-state index in [0.29, 0.717) is 18.1 Å². The van der Waals surface area contributed by atoms with Gasteiger partial charge in [0.25, 0.3) is 0 Å². The molecule has 0 aliphatic carbocycles. The Hall–Kier alpha value is -1.94. The highest BCUT2D eigenvalue weighted by Crippen LogP contribution is 2.44. The van der Waals surface area contributed by atoms with Crippen LogP contribution in [0.5, 0.6) is 0 Å². The van der Waals surface area contributed by atoms with Gasteiger partial charge in [-0.1, -0.05) is 24.3 Å². The fraction of sp³-hybridized carbons (Fsp3) is 0.389. The van der Waals surface area contributed by atoms with E-state index in [1.165, 1.54) is 0 Å². The van der Waals surface area contributed by atoms with Crippen molar-refractivity contribution in [3.8, 4) is 0 Å². The molecule has 3 rings (SSSR count). The Balaban J connectivity index is 2.13. The van der Waals surface area contributed by atoms with E-state index in [0.717, 1.165) is 22.0 Å². The summed E-state index contributed by atoms with van der Waals surface area (Å²) in [4.78, 5) is 14.2. The number of nitrogens with two attached hydrogens (primary N) is 1. The van der Waals surface area contributed by atoms with Crippen molar-refractivity contribution in [2.24, 2.45) is 0 Å². The summed E-state index contributed by atoms with van der Waals surface area (Å²) >= 11 is 6.17. The molecular formula is C18H21ClN2O2. The van der Waals surface area contributed by atoms with Crippen LogP contribution in [-0.4, -0.2) is 24.1 Å². The molecule has 1 heterocycles. The van der Waals surface area contributed by atoms with Crippen LogP contribution in [0, 0.1) is 0 Å². The molecule has 1 amide bonds. The van der Waals surface area contributed by atoms with Gasteiger partial charge in [0.15, 0.2) is 0 Å². The SMILES string of the molecule is CC(C)(C)OC(=O)N1C[C@@H](CCl)c2c1cc(N)c1ccccc21. The Labute approximate surface area is 141 Å². The highest BCUT2D eigenvalue weighted by Gasteiger charge is 2.36. The Kier molecular flexibility index (Phi) is 3.88. The minimum Gasteiger partial charge on any atom is -0.443 e. The van der Waals surface area contributed by atoms with Crippen LogP contribution in [0.3, 0.4) is 0 Å². The highest BCUT2D eigenvalue weighted by molar-refractivity contribution is 6.19. The van der Waals surface area contributed by atoms with Gasteiger partial charge in [-0.15, -0.1) is 11.6 Å². The van der Waals surface area contributed by atoms with Crippen molar-refractivity contribution in [3.63, 3.8) is 0 Å². The van der Waals surface area contributed by atoms with Crippen molar-refractivity contribution in [1.82, 2.24) is 0 Å². The van der Waals surface area contributed by atoms with Crippen LogP contribution < -0.4 is 10.6 Å². The third kappa shape index (κ3) is 2.83. The molecule has 4 nitrogen and oxygen atoms in total. The number of hydrogen-bond donors (Lipinski definition) is 1. The Bertz CT molecular complexity index is 767. The highest BCUT2D eigenvalue weighted by atomic mass is 35.5. The van der Waals surface area contributed by atoms with E-state index in [1.807, 2.05) is 51.1 Å². The number of rotatable bonds is 1. The van der Waals surface area contributed by atoms with Crippen LogP contribution in [0.2, 0.25) is 0 Å². The van der Waals surface area contributed by atoms with Gasteiger partial charge in [-0.05, 0) is 37.8 Å². The number of nitrogens with zero attached hydrogens (tertiary/aromatic N) is 1. The molecule has 0 spiro atoms. The topological polar surface area (TPSA) is 55.6 Å².